The summed E-state index contributed by atoms with van der Waals surface area (Å²) in [4.78, 5) is 22.4. The number of thiophene rings is 1. The third-order valence-electron chi connectivity index (χ3n) is 6.66. The number of hydrogen-bond acceptors (Lipinski definition) is 7. The van der Waals surface area contributed by atoms with Gasteiger partial charge in [-0.15, -0.1) is 11.3 Å². The molecule has 0 spiro atoms. The SMILES string of the molecule is COc1ccc(S(=O)(=O)N2CCN(Cn3cnc4sc5c(c4c3=O)CC[C@@H](C)C5)CC2)cc1. The molecule has 2 aromatic heterocycles. The van der Waals surface area contributed by atoms with Crippen molar-refractivity contribution in [1.29, 1.82) is 0 Å². The molecule has 0 N–H and O–H groups in total. The lowest BCUT2D eigenvalue weighted by Gasteiger charge is -2.34. The van der Waals surface area contributed by atoms with Gasteiger partial charge in [-0.2, -0.15) is 4.31 Å². The average Bonchev–Trinajstić information content (AvgIpc) is 3.19. The highest BCUT2D eigenvalue weighted by atomic mass is 32.2. The fourth-order valence-electron chi connectivity index (χ4n) is 4.69. The smallest absolute Gasteiger partial charge is 0.263 e. The van der Waals surface area contributed by atoms with E-state index in [-0.39, 0.29) is 10.5 Å². The number of ether oxygens (including phenoxy) is 1. The second-order valence-electron chi connectivity index (χ2n) is 8.89. The van der Waals surface area contributed by atoms with Crippen molar-refractivity contribution in [2.45, 2.75) is 37.8 Å². The first-order valence-electron chi connectivity index (χ1n) is 11.2. The molecule has 0 amide bonds. The van der Waals surface area contributed by atoms with Crippen LogP contribution in [0.25, 0.3) is 10.2 Å². The number of aromatic nitrogens is 2. The summed E-state index contributed by atoms with van der Waals surface area (Å²) in [6, 6.07) is 6.46. The maximum absolute atomic E-state index is 13.3. The lowest BCUT2D eigenvalue weighted by Crippen LogP contribution is -2.49. The zero-order valence-electron chi connectivity index (χ0n) is 18.9. The predicted molar refractivity (Wildman–Crippen MR) is 128 cm³/mol. The average molecular weight is 489 g/mol. The Labute approximate surface area is 197 Å². The molecule has 1 saturated heterocycles. The molecule has 0 unspecified atom stereocenters. The number of nitrogens with zero attached hydrogens (tertiary/aromatic N) is 4. The van der Waals surface area contributed by atoms with Crippen LogP contribution in [0.5, 0.6) is 5.75 Å². The van der Waals surface area contributed by atoms with E-state index in [9.17, 15) is 13.2 Å². The van der Waals surface area contributed by atoms with E-state index in [0.717, 1.165) is 29.5 Å². The molecule has 1 aliphatic carbocycles. The normalized spacial score (nSPS) is 20.1. The summed E-state index contributed by atoms with van der Waals surface area (Å²) < 4.78 is 34.3. The summed E-state index contributed by atoms with van der Waals surface area (Å²) in [6.07, 6.45) is 4.72. The van der Waals surface area contributed by atoms with Crippen molar-refractivity contribution in [3.8, 4) is 5.75 Å². The van der Waals surface area contributed by atoms with Crippen molar-refractivity contribution in [2.24, 2.45) is 5.92 Å². The minimum atomic E-state index is -3.56. The Morgan fingerprint density at radius 2 is 1.88 bits per heavy atom. The van der Waals surface area contributed by atoms with Crippen molar-refractivity contribution >= 4 is 31.6 Å². The molecule has 10 heteroatoms. The largest absolute Gasteiger partial charge is 0.497 e. The Hall–Kier alpha value is -2.27. The van der Waals surface area contributed by atoms with Crippen LogP contribution in [0.15, 0.2) is 40.3 Å². The second-order valence-corrected chi connectivity index (χ2v) is 11.9. The van der Waals surface area contributed by atoms with Gasteiger partial charge in [0.15, 0.2) is 0 Å². The minimum Gasteiger partial charge on any atom is -0.497 e. The van der Waals surface area contributed by atoms with E-state index in [1.807, 2.05) is 0 Å². The highest BCUT2D eigenvalue weighted by Gasteiger charge is 2.29. The van der Waals surface area contributed by atoms with E-state index in [1.165, 1.54) is 14.7 Å². The summed E-state index contributed by atoms with van der Waals surface area (Å²) in [7, 11) is -2.01. The second kappa shape index (κ2) is 8.83. The predicted octanol–water partition coefficient (Wildman–Crippen LogP) is 2.56. The summed E-state index contributed by atoms with van der Waals surface area (Å²) in [5.41, 5.74) is 1.20. The van der Waals surface area contributed by atoms with E-state index in [1.54, 1.807) is 53.6 Å². The summed E-state index contributed by atoms with van der Waals surface area (Å²) in [6.45, 7) is 4.54. The van der Waals surface area contributed by atoms with Gasteiger partial charge in [0.2, 0.25) is 10.0 Å². The fourth-order valence-corrected chi connectivity index (χ4v) is 7.45. The van der Waals surface area contributed by atoms with E-state index in [2.05, 4.69) is 16.8 Å². The van der Waals surface area contributed by atoms with Gasteiger partial charge in [0.05, 0.1) is 24.1 Å². The zero-order chi connectivity index (χ0) is 23.2. The standard InChI is InChI=1S/C23H28N4O4S2/c1-16-3-8-19-20(13-16)32-22-21(19)23(28)26(14-24-22)15-25-9-11-27(12-10-25)33(29,30)18-6-4-17(31-2)5-7-18/h4-7,14,16H,3,8-13,15H2,1-2H3/t16-/m1/s1. The van der Waals surface area contributed by atoms with Gasteiger partial charge in [0, 0.05) is 31.1 Å². The van der Waals surface area contributed by atoms with E-state index in [0.29, 0.717) is 44.5 Å². The highest BCUT2D eigenvalue weighted by molar-refractivity contribution is 7.89. The lowest BCUT2D eigenvalue weighted by atomic mass is 9.89. The Morgan fingerprint density at radius 3 is 2.58 bits per heavy atom. The Morgan fingerprint density at radius 1 is 1.15 bits per heavy atom. The molecule has 0 saturated carbocycles. The van der Waals surface area contributed by atoms with Crippen LogP contribution in [-0.4, -0.2) is 60.5 Å². The summed E-state index contributed by atoms with van der Waals surface area (Å²) >= 11 is 1.66. The molecule has 176 valence electrons. The molecule has 5 rings (SSSR count). The van der Waals surface area contributed by atoms with E-state index < -0.39 is 10.0 Å². The van der Waals surface area contributed by atoms with Crippen LogP contribution in [-0.2, 0) is 29.5 Å². The van der Waals surface area contributed by atoms with Gasteiger partial charge in [-0.25, -0.2) is 13.4 Å². The van der Waals surface area contributed by atoms with Crippen molar-refractivity contribution in [2.75, 3.05) is 33.3 Å². The van der Waals surface area contributed by atoms with Gasteiger partial charge in [0.25, 0.3) is 5.56 Å². The van der Waals surface area contributed by atoms with Crippen LogP contribution in [0, 0.1) is 5.92 Å². The molecule has 1 fully saturated rings. The molecular formula is C23H28N4O4S2. The first-order valence-corrected chi connectivity index (χ1v) is 13.5. The quantitative estimate of drug-likeness (QED) is 0.549. The summed E-state index contributed by atoms with van der Waals surface area (Å²) in [5.74, 6) is 1.27. The molecule has 0 bridgehead atoms. The van der Waals surface area contributed by atoms with Crippen molar-refractivity contribution < 1.29 is 13.2 Å². The van der Waals surface area contributed by atoms with Crippen LogP contribution >= 0.6 is 11.3 Å². The number of fused-ring (bicyclic) bond motifs is 3. The number of sulfonamides is 1. The Balaban J connectivity index is 1.29. The molecule has 1 aliphatic heterocycles. The topological polar surface area (TPSA) is 84.7 Å². The maximum atomic E-state index is 13.3. The molecule has 8 nitrogen and oxygen atoms in total. The zero-order valence-corrected chi connectivity index (χ0v) is 20.5. The number of piperazine rings is 1. The fraction of sp³-hybridized carbons (Fsp3) is 0.478. The Bertz CT molecular complexity index is 1320. The molecule has 1 aromatic carbocycles. The number of hydrogen-bond donors (Lipinski definition) is 0. The van der Waals surface area contributed by atoms with Crippen molar-refractivity contribution in [3.63, 3.8) is 0 Å². The monoisotopic (exact) mass is 488 g/mol. The molecule has 2 aliphatic rings. The third kappa shape index (κ3) is 4.21. The molecule has 1 atom stereocenters. The number of aryl methyl sites for hydroxylation is 1. The number of methoxy groups -OCH3 is 1. The van der Waals surface area contributed by atoms with Crippen LogP contribution in [0.3, 0.4) is 0 Å². The van der Waals surface area contributed by atoms with Crippen molar-refractivity contribution in [3.05, 3.63) is 51.4 Å². The molecular weight excluding hydrogens is 460 g/mol. The van der Waals surface area contributed by atoms with E-state index in [4.69, 9.17) is 4.74 Å². The molecule has 0 radical (unpaired) electrons. The lowest BCUT2D eigenvalue weighted by molar-refractivity contribution is 0.150. The van der Waals surface area contributed by atoms with Gasteiger partial charge in [-0.05, 0) is 55.0 Å². The highest BCUT2D eigenvalue weighted by Crippen LogP contribution is 2.35. The molecule has 3 heterocycles. The van der Waals surface area contributed by atoms with Crippen LogP contribution < -0.4 is 10.3 Å². The Kier molecular flexibility index (Phi) is 6.02. The van der Waals surface area contributed by atoms with Gasteiger partial charge in [-0.3, -0.25) is 14.3 Å². The van der Waals surface area contributed by atoms with Crippen molar-refractivity contribution in [1.82, 2.24) is 18.8 Å². The van der Waals surface area contributed by atoms with E-state index >= 15 is 0 Å². The van der Waals surface area contributed by atoms with Gasteiger partial charge < -0.3 is 4.74 Å². The van der Waals surface area contributed by atoms with Gasteiger partial charge in [-0.1, -0.05) is 6.92 Å². The number of rotatable bonds is 5. The first kappa shape index (κ1) is 22.5. The van der Waals surface area contributed by atoms with Crippen LogP contribution in [0.4, 0.5) is 0 Å². The molecule has 33 heavy (non-hydrogen) atoms. The van der Waals surface area contributed by atoms with Crippen LogP contribution in [0.1, 0.15) is 23.8 Å². The van der Waals surface area contributed by atoms with Gasteiger partial charge in [0.1, 0.15) is 16.9 Å². The minimum absolute atomic E-state index is 0.0142. The maximum Gasteiger partial charge on any atom is 0.263 e. The summed E-state index contributed by atoms with van der Waals surface area (Å²) in [5, 5.41) is 0.783. The third-order valence-corrected chi connectivity index (χ3v) is 9.74. The van der Waals surface area contributed by atoms with Gasteiger partial charge >= 0.3 is 0 Å². The first-order chi connectivity index (χ1) is 15.9. The molecule has 3 aromatic rings. The number of benzene rings is 1. The van der Waals surface area contributed by atoms with Crippen LogP contribution in [0.2, 0.25) is 0 Å².